The lowest BCUT2D eigenvalue weighted by atomic mass is 10.1. The lowest BCUT2D eigenvalue weighted by molar-refractivity contribution is -0.141. The fourth-order valence-corrected chi connectivity index (χ4v) is 2.60. The molecule has 0 saturated carbocycles. The van der Waals surface area contributed by atoms with Crippen LogP contribution in [0, 0.1) is 6.92 Å². The number of ether oxygens (including phenoxy) is 1. The summed E-state index contributed by atoms with van der Waals surface area (Å²) in [7, 11) is 3.29. The number of nitrogens with one attached hydrogen (secondary N) is 3. The van der Waals surface area contributed by atoms with Crippen LogP contribution in [-0.2, 0) is 12.6 Å². The van der Waals surface area contributed by atoms with Gasteiger partial charge < -0.3 is 20.7 Å². The summed E-state index contributed by atoms with van der Waals surface area (Å²) in [6.45, 7) is 3.42. The molecule has 3 N–H and O–H groups in total. The van der Waals surface area contributed by atoms with E-state index in [1.807, 2.05) is 19.1 Å². The van der Waals surface area contributed by atoms with E-state index in [0.29, 0.717) is 25.6 Å². The highest BCUT2D eigenvalue weighted by molar-refractivity contribution is 5.79. The molecule has 0 aliphatic heterocycles. The van der Waals surface area contributed by atoms with E-state index in [2.05, 4.69) is 37.0 Å². The Labute approximate surface area is 167 Å². The number of alkyl halides is 3. The van der Waals surface area contributed by atoms with E-state index < -0.39 is 11.9 Å². The summed E-state index contributed by atoms with van der Waals surface area (Å²) in [6.07, 6.45) is -2.67. The van der Waals surface area contributed by atoms with Crippen molar-refractivity contribution in [2.24, 2.45) is 4.99 Å². The number of nitrogens with zero attached hydrogens (tertiary/aromatic N) is 3. The molecule has 1 heterocycles. The van der Waals surface area contributed by atoms with Gasteiger partial charge in [0.1, 0.15) is 11.4 Å². The number of anilines is 1. The molecule has 0 spiro atoms. The first kappa shape index (κ1) is 22.3. The Morgan fingerprint density at radius 1 is 1.14 bits per heavy atom. The van der Waals surface area contributed by atoms with Gasteiger partial charge in [-0.3, -0.25) is 4.99 Å². The van der Waals surface area contributed by atoms with Crippen LogP contribution in [0.25, 0.3) is 0 Å². The second kappa shape index (κ2) is 10.5. The molecule has 0 saturated heterocycles. The number of aryl methyl sites for hydroxylation is 1. The fourth-order valence-electron chi connectivity index (χ4n) is 2.60. The minimum atomic E-state index is -4.50. The molecular formula is C19H25F3N6O. The number of benzene rings is 1. The predicted octanol–water partition coefficient (Wildman–Crippen LogP) is 2.63. The molecule has 2 rings (SSSR count). The SMILES string of the molecule is CN=C(NCCNc1nccc(C(F)(F)F)n1)NCCc1cc(C)ccc1OC. The highest BCUT2D eigenvalue weighted by atomic mass is 19.4. The molecule has 1 aromatic heterocycles. The van der Waals surface area contributed by atoms with E-state index >= 15 is 0 Å². The zero-order valence-corrected chi connectivity index (χ0v) is 16.6. The molecule has 0 bridgehead atoms. The van der Waals surface area contributed by atoms with Gasteiger partial charge in [0.15, 0.2) is 5.96 Å². The number of halogens is 3. The summed E-state index contributed by atoms with van der Waals surface area (Å²) in [5, 5.41) is 9.03. The minimum Gasteiger partial charge on any atom is -0.496 e. The van der Waals surface area contributed by atoms with Crippen LogP contribution in [0.2, 0.25) is 0 Å². The molecule has 10 heteroatoms. The highest BCUT2D eigenvalue weighted by Crippen LogP contribution is 2.27. The first-order valence-electron chi connectivity index (χ1n) is 9.05. The third-order valence-corrected chi connectivity index (χ3v) is 3.99. The number of aliphatic imine (C=N–C) groups is 1. The molecule has 0 atom stereocenters. The summed E-state index contributed by atoms with van der Waals surface area (Å²) < 4.78 is 43.3. The largest absolute Gasteiger partial charge is 0.496 e. The van der Waals surface area contributed by atoms with Gasteiger partial charge in [0, 0.05) is 32.9 Å². The Morgan fingerprint density at radius 2 is 1.90 bits per heavy atom. The van der Waals surface area contributed by atoms with Gasteiger partial charge in [-0.05, 0) is 31.0 Å². The fraction of sp³-hybridized carbons (Fsp3) is 0.421. The number of methoxy groups -OCH3 is 1. The number of hydrogen-bond acceptors (Lipinski definition) is 5. The number of hydrogen-bond donors (Lipinski definition) is 3. The van der Waals surface area contributed by atoms with Crippen LogP contribution in [0.3, 0.4) is 0 Å². The normalized spacial score (nSPS) is 11.9. The molecule has 0 fully saturated rings. The first-order valence-corrected chi connectivity index (χ1v) is 9.05. The van der Waals surface area contributed by atoms with Crippen LogP contribution in [0.5, 0.6) is 5.75 Å². The number of rotatable bonds is 8. The highest BCUT2D eigenvalue weighted by Gasteiger charge is 2.32. The summed E-state index contributed by atoms with van der Waals surface area (Å²) in [4.78, 5) is 11.4. The average Bonchev–Trinajstić information content (AvgIpc) is 2.69. The van der Waals surface area contributed by atoms with Crippen molar-refractivity contribution >= 4 is 11.9 Å². The van der Waals surface area contributed by atoms with Gasteiger partial charge >= 0.3 is 6.18 Å². The van der Waals surface area contributed by atoms with Crippen molar-refractivity contribution in [3.05, 3.63) is 47.3 Å². The molecule has 7 nitrogen and oxygen atoms in total. The molecule has 1 aromatic carbocycles. The molecule has 2 aromatic rings. The van der Waals surface area contributed by atoms with Crippen LogP contribution in [0.15, 0.2) is 35.5 Å². The molecule has 0 unspecified atom stereocenters. The van der Waals surface area contributed by atoms with Crippen LogP contribution in [-0.4, -0.2) is 49.7 Å². The van der Waals surface area contributed by atoms with Crippen LogP contribution in [0.4, 0.5) is 19.1 Å². The van der Waals surface area contributed by atoms with Crippen molar-refractivity contribution in [1.82, 2.24) is 20.6 Å². The zero-order chi connectivity index (χ0) is 21.3. The lowest BCUT2D eigenvalue weighted by Crippen LogP contribution is -2.40. The Kier molecular flexibility index (Phi) is 8.05. The monoisotopic (exact) mass is 410 g/mol. The van der Waals surface area contributed by atoms with Crippen molar-refractivity contribution in [2.75, 3.05) is 39.1 Å². The Hall–Kier alpha value is -3.04. The van der Waals surface area contributed by atoms with Gasteiger partial charge in [-0.15, -0.1) is 0 Å². The average molecular weight is 410 g/mol. The molecule has 0 radical (unpaired) electrons. The van der Waals surface area contributed by atoms with Gasteiger partial charge in [0.25, 0.3) is 0 Å². The maximum Gasteiger partial charge on any atom is 0.433 e. The van der Waals surface area contributed by atoms with E-state index in [9.17, 15) is 13.2 Å². The third-order valence-electron chi connectivity index (χ3n) is 3.99. The number of guanidine groups is 1. The maximum atomic E-state index is 12.7. The van der Waals surface area contributed by atoms with Crippen LogP contribution >= 0.6 is 0 Å². The van der Waals surface area contributed by atoms with E-state index in [0.717, 1.165) is 35.6 Å². The Bertz CT molecular complexity index is 826. The van der Waals surface area contributed by atoms with Crippen molar-refractivity contribution < 1.29 is 17.9 Å². The smallest absolute Gasteiger partial charge is 0.433 e. The van der Waals surface area contributed by atoms with Crippen molar-refractivity contribution in [1.29, 1.82) is 0 Å². The molecule has 0 aliphatic carbocycles. The van der Waals surface area contributed by atoms with Crippen LogP contribution in [0.1, 0.15) is 16.8 Å². The van der Waals surface area contributed by atoms with Crippen molar-refractivity contribution in [2.45, 2.75) is 19.5 Å². The predicted molar refractivity (Wildman–Crippen MR) is 106 cm³/mol. The van der Waals surface area contributed by atoms with E-state index in [4.69, 9.17) is 4.74 Å². The van der Waals surface area contributed by atoms with Crippen molar-refractivity contribution in [3.63, 3.8) is 0 Å². The molecular weight excluding hydrogens is 385 g/mol. The summed E-state index contributed by atoms with van der Waals surface area (Å²) in [5.41, 5.74) is 1.28. The first-order chi connectivity index (χ1) is 13.8. The lowest BCUT2D eigenvalue weighted by Gasteiger charge is -2.14. The van der Waals surface area contributed by atoms with Gasteiger partial charge in [-0.1, -0.05) is 17.7 Å². The van der Waals surface area contributed by atoms with Crippen molar-refractivity contribution in [3.8, 4) is 5.75 Å². The van der Waals surface area contributed by atoms with Crippen LogP contribution < -0.4 is 20.7 Å². The van der Waals surface area contributed by atoms with Gasteiger partial charge in [-0.2, -0.15) is 13.2 Å². The standard InChI is InChI=1S/C19H25F3N6O/c1-13-4-5-15(29-3)14(12-13)6-8-24-17(23-2)26-10-11-27-18-25-9-7-16(28-18)19(20,21)22/h4-5,7,9,12H,6,8,10-11H2,1-3H3,(H2,23,24,26)(H,25,27,28). The summed E-state index contributed by atoms with van der Waals surface area (Å²) in [6, 6.07) is 6.85. The molecule has 158 valence electrons. The second-order valence-corrected chi connectivity index (χ2v) is 6.18. The summed E-state index contributed by atoms with van der Waals surface area (Å²) >= 11 is 0. The maximum absolute atomic E-state index is 12.7. The minimum absolute atomic E-state index is 0.0730. The third kappa shape index (κ3) is 7.13. The van der Waals surface area contributed by atoms with E-state index in [1.165, 1.54) is 0 Å². The van der Waals surface area contributed by atoms with Gasteiger partial charge in [0.05, 0.1) is 7.11 Å². The summed E-state index contributed by atoms with van der Waals surface area (Å²) in [5.74, 6) is 1.35. The van der Waals surface area contributed by atoms with E-state index in [1.54, 1.807) is 14.2 Å². The second-order valence-electron chi connectivity index (χ2n) is 6.18. The Balaban J connectivity index is 1.75. The Morgan fingerprint density at radius 3 is 2.59 bits per heavy atom. The number of aromatic nitrogens is 2. The molecule has 0 aliphatic rings. The molecule has 29 heavy (non-hydrogen) atoms. The zero-order valence-electron chi connectivity index (χ0n) is 16.6. The topological polar surface area (TPSA) is 83.5 Å². The van der Waals surface area contributed by atoms with Gasteiger partial charge in [-0.25, -0.2) is 9.97 Å². The molecule has 0 amide bonds. The van der Waals surface area contributed by atoms with Gasteiger partial charge in [0.2, 0.25) is 5.95 Å². The van der Waals surface area contributed by atoms with E-state index in [-0.39, 0.29) is 5.95 Å². The quantitative estimate of drug-likeness (QED) is 0.353.